The second-order valence-electron chi connectivity index (χ2n) is 7.74. The number of benzene rings is 1. The number of quaternary nitrogens is 1. The molecule has 3 heteroatoms. The fraction of sp³-hybridized carbons (Fsp3) is 0.714. The highest BCUT2D eigenvalue weighted by Gasteiger charge is 2.17. The van der Waals surface area contributed by atoms with Crippen molar-refractivity contribution in [2.24, 2.45) is 0 Å². The van der Waals surface area contributed by atoms with Gasteiger partial charge in [0.25, 0.3) is 0 Å². The molecule has 138 valence electrons. The first-order chi connectivity index (χ1) is 11.4. The van der Waals surface area contributed by atoms with Crippen LogP contribution in [0.5, 0.6) is 0 Å². The molecular weight excluding hydrogens is 337 g/mol. The van der Waals surface area contributed by atoms with E-state index in [1.807, 2.05) is 18.2 Å². The Bertz CT molecular complexity index is 457. The first-order valence-corrected chi connectivity index (χ1v) is 10.5. The minimum absolute atomic E-state index is 0.772. The van der Waals surface area contributed by atoms with Gasteiger partial charge in [-0.25, -0.2) is 0 Å². The van der Waals surface area contributed by atoms with Crippen molar-refractivity contribution in [1.82, 2.24) is 0 Å². The third-order valence-corrected chi connectivity index (χ3v) is 5.33. The number of halogens is 2. The van der Waals surface area contributed by atoms with Gasteiger partial charge in [0, 0.05) is 15.6 Å². The Labute approximate surface area is 159 Å². The van der Waals surface area contributed by atoms with Crippen molar-refractivity contribution >= 4 is 23.2 Å². The smallest absolute Gasteiger partial charge is 0.105 e. The molecule has 1 aromatic rings. The maximum atomic E-state index is 6.30. The van der Waals surface area contributed by atoms with Crippen molar-refractivity contribution in [2.75, 3.05) is 20.6 Å². The average molecular weight is 373 g/mol. The number of nitrogens with zero attached hydrogens (tertiary/aromatic N) is 1. The molecule has 0 atom stereocenters. The Morgan fingerprint density at radius 2 is 1.33 bits per heavy atom. The fourth-order valence-corrected chi connectivity index (χ4v) is 3.60. The van der Waals surface area contributed by atoms with Gasteiger partial charge in [0.15, 0.2) is 0 Å². The van der Waals surface area contributed by atoms with Gasteiger partial charge in [0.05, 0.1) is 20.6 Å². The molecule has 0 unspecified atom stereocenters. The predicted octanol–water partition coefficient (Wildman–Crippen LogP) is 7.49. The molecule has 0 saturated heterocycles. The fourth-order valence-electron chi connectivity index (χ4n) is 3.23. The summed E-state index contributed by atoms with van der Waals surface area (Å²) in [6.07, 6.45) is 13.9. The Balaban J connectivity index is 2.14. The molecule has 0 aliphatic rings. The molecule has 0 aliphatic carbocycles. The SMILES string of the molecule is CCCCCCCCCCCC[N+](C)(C)Cc1cc(Cl)ccc1Cl. The lowest BCUT2D eigenvalue weighted by molar-refractivity contribution is -0.903. The van der Waals surface area contributed by atoms with Crippen molar-refractivity contribution in [3.05, 3.63) is 33.8 Å². The molecule has 1 aromatic carbocycles. The standard InChI is InChI=1S/C21H36Cl2N/c1-4-5-6-7-8-9-10-11-12-13-16-24(2,3)18-19-17-20(22)14-15-21(19)23/h14-15,17H,4-13,16,18H2,1-3H3/q+1. The van der Waals surface area contributed by atoms with Gasteiger partial charge in [-0.3, -0.25) is 0 Å². The highest BCUT2D eigenvalue weighted by molar-refractivity contribution is 6.33. The van der Waals surface area contributed by atoms with Gasteiger partial charge < -0.3 is 4.48 Å². The van der Waals surface area contributed by atoms with Crippen LogP contribution >= 0.6 is 23.2 Å². The molecule has 0 heterocycles. The molecule has 1 rings (SSSR count). The van der Waals surface area contributed by atoms with E-state index < -0.39 is 0 Å². The number of unbranched alkanes of at least 4 members (excludes halogenated alkanes) is 9. The van der Waals surface area contributed by atoms with Crippen molar-refractivity contribution in [2.45, 2.75) is 77.7 Å². The summed E-state index contributed by atoms with van der Waals surface area (Å²) in [6.45, 7) is 4.41. The summed E-state index contributed by atoms with van der Waals surface area (Å²) < 4.78 is 0.969. The molecule has 0 amide bonds. The minimum Gasteiger partial charge on any atom is -0.325 e. The third-order valence-electron chi connectivity index (χ3n) is 4.72. The quantitative estimate of drug-likeness (QED) is 0.248. The topological polar surface area (TPSA) is 0 Å². The van der Waals surface area contributed by atoms with E-state index in [9.17, 15) is 0 Å². The summed E-state index contributed by atoms with van der Waals surface area (Å²) in [5.41, 5.74) is 1.15. The molecule has 0 N–H and O–H groups in total. The van der Waals surface area contributed by atoms with E-state index in [0.29, 0.717) is 0 Å². The summed E-state index contributed by atoms with van der Waals surface area (Å²) in [4.78, 5) is 0. The van der Waals surface area contributed by atoms with Gasteiger partial charge in [0.2, 0.25) is 0 Å². The van der Waals surface area contributed by atoms with Crippen molar-refractivity contribution < 1.29 is 4.48 Å². The first kappa shape index (κ1) is 21.8. The van der Waals surface area contributed by atoms with E-state index in [2.05, 4.69) is 21.0 Å². The van der Waals surface area contributed by atoms with Gasteiger partial charge >= 0.3 is 0 Å². The van der Waals surface area contributed by atoms with Gasteiger partial charge in [0.1, 0.15) is 6.54 Å². The van der Waals surface area contributed by atoms with Crippen LogP contribution < -0.4 is 0 Å². The number of hydrogen-bond acceptors (Lipinski definition) is 0. The second kappa shape index (κ2) is 12.2. The van der Waals surface area contributed by atoms with Crippen LogP contribution in [0.25, 0.3) is 0 Å². The summed E-state index contributed by atoms with van der Waals surface area (Å²) in [7, 11) is 4.57. The molecule has 0 fully saturated rings. The van der Waals surface area contributed by atoms with Gasteiger partial charge in [-0.05, 0) is 31.0 Å². The minimum atomic E-state index is 0.772. The monoisotopic (exact) mass is 372 g/mol. The van der Waals surface area contributed by atoms with E-state index in [1.54, 1.807) is 0 Å². The predicted molar refractivity (Wildman–Crippen MR) is 109 cm³/mol. The highest BCUT2D eigenvalue weighted by atomic mass is 35.5. The van der Waals surface area contributed by atoms with E-state index >= 15 is 0 Å². The zero-order chi connectivity index (χ0) is 17.8. The summed E-state index contributed by atoms with van der Waals surface area (Å²) >= 11 is 12.4. The Morgan fingerprint density at radius 1 is 0.792 bits per heavy atom. The normalized spacial score (nSPS) is 11.9. The van der Waals surface area contributed by atoms with Crippen LogP contribution in [-0.2, 0) is 6.54 Å². The van der Waals surface area contributed by atoms with Crippen LogP contribution in [0.4, 0.5) is 0 Å². The zero-order valence-electron chi connectivity index (χ0n) is 15.9. The molecule has 1 nitrogen and oxygen atoms in total. The molecule has 24 heavy (non-hydrogen) atoms. The Morgan fingerprint density at radius 3 is 1.92 bits per heavy atom. The van der Waals surface area contributed by atoms with E-state index in [-0.39, 0.29) is 0 Å². The van der Waals surface area contributed by atoms with Crippen molar-refractivity contribution in [3.8, 4) is 0 Å². The maximum absolute atomic E-state index is 6.30. The van der Waals surface area contributed by atoms with Crippen LogP contribution in [0.1, 0.15) is 76.7 Å². The Kier molecular flexibility index (Phi) is 11.1. The molecular formula is C21H36Cl2N+. The zero-order valence-corrected chi connectivity index (χ0v) is 17.4. The lowest BCUT2D eigenvalue weighted by Gasteiger charge is -2.30. The summed E-state index contributed by atoms with van der Waals surface area (Å²) in [5, 5.41) is 1.60. The van der Waals surface area contributed by atoms with Crippen LogP contribution in [0, 0.1) is 0 Å². The van der Waals surface area contributed by atoms with Crippen molar-refractivity contribution in [3.63, 3.8) is 0 Å². The summed E-state index contributed by atoms with van der Waals surface area (Å²) in [6, 6.07) is 5.76. The third kappa shape index (κ3) is 9.91. The van der Waals surface area contributed by atoms with Crippen LogP contribution in [0.2, 0.25) is 10.0 Å². The molecule has 0 aromatic heterocycles. The largest absolute Gasteiger partial charge is 0.325 e. The van der Waals surface area contributed by atoms with Gasteiger partial charge in [-0.2, -0.15) is 0 Å². The van der Waals surface area contributed by atoms with Gasteiger partial charge in [-0.1, -0.05) is 81.5 Å². The number of hydrogen-bond donors (Lipinski definition) is 0. The van der Waals surface area contributed by atoms with E-state index in [1.165, 1.54) is 70.8 Å². The van der Waals surface area contributed by atoms with E-state index in [0.717, 1.165) is 26.6 Å². The van der Waals surface area contributed by atoms with Gasteiger partial charge in [-0.15, -0.1) is 0 Å². The summed E-state index contributed by atoms with van der Waals surface area (Å²) in [5.74, 6) is 0. The average Bonchev–Trinajstić information content (AvgIpc) is 2.52. The first-order valence-electron chi connectivity index (χ1n) is 9.70. The molecule has 0 spiro atoms. The lowest BCUT2D eigenvalue weighted by Crippen LogP contribution is -2.39. The van der Waals surface area contributed by atoms with E-state index in [4.69, 9.17) is 23.2 Å². The maximum Gasteiger partial charge on any atom is 0.105 e. The van der Waals surface area contributed by atoms with Crippen molar-refractivity contribution in [1.29, 1.82) is 0 Å². The molecule has 0 bridgehead atoms. The number of rotatable bonds is 13. The molecule has 0 saturated carbocycles. The highest BCUT2D eigenvalue weighted by Crippen LogP contribution is 2.24. The van der Waals surface area contributed by atoms with Crippen LogP contribution in [0.15, 0.2) is 18.2 Å². The second-order valence-corrected chi connectivity index (χ2v) is 8.58. The molecule has 0 radical (unpaired) electrons. The molecule has 0 aliphatic heterocycles. The lowest BCUT2D eigenvalue weighted by atomic mass is 10.1. The van der Waals surface area contributed by atoms with Crippen LogP contribution in [0.3, 0.4) is 0 Å². The van der Waals surface area contributed by atoms with Crippen LogP contribution in [-0.4, -0.2) is 25.1 Å². The Hall–Kier alpha value is -0.240.